The summed E-state index contributed by atoms with van der Waals surface area (Å²) in [5.41, 5.74) is 5.42. The molecule has 0 radical (unpaired) electrons. The number of rotatable bonds is 1. The fourth-order valence-electron chi connectivity index (χ4n) is 1.83. The summed E-state index contributed by atoms with van der Waals surface area (Å²) in [6.07, 6.45) is 0.651. The van der Waals surface area contributed by atoms with Gasteiger partial charge in [-0.1, -0.05) is 0 Å². The molecule has 0 saturated carbocycles. The molecule has 2 rings (SSSR count). The van der Waals surface area contributed by atoms with Crippen LogP contribution in [0, 0.1) is 17.5 Å². The number of carbonyl (C=O) groups is 1. The van der Waals surface area contributed by atoms with E-state index in [1.165, 1.54) is 4.90 Å². The molecule has 1 amide bonds. The quantitative estimate of drug-likeness (QED) is 0.756. The lowest BCUT2D eigenvalue weighted by atomic mass is 10.2. The van der Waals surface area contributed by atoms with Crippen molar-refractivity contribution < 1.29 is 18.0 Å². The summed E-state index contributed by atoms with van der Waals surface area (Å²) in [7, 11) is 0. The number of likely N-dealkylation sites (tertiary alicyclic amines) is 1. The van der Waals surface area contributed by atoms with Crippen molar-refractivity contribution in [3.05, 3.63) is 35.1 Å². The maximum absolute atomic E-state index is 13.0. The highest BCUT2D eigenvalue weighted by Crippen LogP contribution is 2.17. The van der Waals surface area contributed by atoms with Crippen molar-refractivity contribution in [2.24, 2.45) is 5.73 Å². The molecule has 1 atom stereocenters. The SMILES string of the molecule is N[C@@H]1CCN(C(=O)c2cc(F)c(F)c(F)c2)C1. The number of hydrogen-bond donors (Lipinski definition) is 1. The highest BCUT2D eigenvalue weighted by Gasteiger charge is 2.26. The van der Waals surface area contributed by atoms with Crippen LogP contribution in [0.4, 0.5) is 13.2 Å². The molecule has 0 unspecified atom stereocenters. The van der Waals surface area contributed by atoms with Crippen molar-refractivity contribution in [1.29, 1.82) is 0 Å². The Balaban J connectivity index is 2.25. The standard InChI is InChI=1S/C11H11F3N2O/c12-8-3-6(4-9(13)10(8)14)11(17)16-2-1-7(15)5-16/h3-4,7H,1-2,5,15H2/t7-/m1/s1. The normalized spacial score (nSPS) is 19.8. The lowest BCUT2D eigenvalue weighted by Gasteiger charge is -2.15. The number of hydrogen-bond acceptors (Lipinski definition) is 2. The number of benzene rings is 1. The molecule has 1 saturated heterocycles. The molecule has 3 nitrogen and oxygen atoms in total. The zero-order chi connectivity index (χ0) is 12.6. The fourth-order valence-corrected chi connectivity index (χ4v) is 1.83. The van der Waals surface area contributed by atoms with E-state index in [0.29, 0.717) is 31.6 Å². The van der Waals surface area contributed by atoms with E-state index >= 15 is 0 Å². The maximum Gasteiger partial charge on any atom is 0.254 e. The van der Waals surface area contributed by atoms with Gasteiger partial charge in [0.2, 0.25) is 0 Å². The van der Waals surface area contributed by atoms with Gasteiger partial charge in [-0.2, -0.15) is 0 Å². The number of halogens is 3. The van der Waals surface area contributed by atoms with Crippen LogP contribution < -0.4 is 5.73 Å². The third-order valence-electron chi connectivity index (χ3n) is 2.74. The van der Waals surface area contributed by atoms with E-state index in [0.717, 1.165) is 0 Å². The molecule has 6 heteroatoms. The minimum absolute atomic E-state index is 0.117. The first-order valence-electron chi connectivity index (χ1n) is 5.18. The third-order valence-corrected chi connectivity index (χ3v) is 2.74. The summed E-state index contributed by atoms with van der Waals surface area (Å²) in [6, 6.07) is 1.28. The van der Waals surface area contributed by atoms with Crippen molar-refractivity contribution in [1.82, 2.24) is 4.90 Å². The van der Waals surface area contributed by atoms with Gasteiger partial charge >= 0.3 is 0 Å². The summed E-state index contributed by atoms with van der Waals surface area (Å²) >= 11 is 0. The molecule has 17 heavy (non-hydrogen) atoms. The van der Waals surface area contributed by atoms with Crippen LogP contribution in [0.25, 0.3) is 0 Å². The zero-order valence-corrected chi connectivity index (χ0v) is 8.92. The van der Waals surface area contributed by atoms with E-state index in [9.17, 15) is 18.0 Å². The third kappa shape index (κ3) is 2.26. The van der Waals surface area contributed by atoms with Crippen LogP contribution in [-0.2, 0) is 0 Å². The van der Waals surface area contributed by atoms with Gasteiger partial charge in [0, 0.05) is 24.7 Å². The minimum atomic E-state index is -1.57. The first-order chi connectivity index (χ1) is 7.99. The molecule has 1 aromatic carbocycles. The molecule has 1 aromatic rings. The number of amides is 1. The first kappa shape index (κ1) is 11.9. The van der Waals surface area contributed by atoms with Crippen LogP contribution in [0.3, 0.4) is 0 Å². The Kier molecular flexibility index (Phi) is 3.06. The van der Waals surface area contributed by atoms with E-state index in [-0.39, 0.29) is 11.6 Å². The molecule has 0 bridgehead atoms. The molecule has 0 spiro atoms. The van der Waals surface area contributed by atoms with Gasteiger partial charge < -0.3 is 10.6 Å². The molecule has 1 aliphatic heterocycles. The van der Waals surface area contributed by atoms with Crippen LogP contribution in [0.15, 0.2) is 12.1 Å². The minimum Gasteiger partial charge on any atom is -0.337 e. The van der Waals surface area contributed by atoms with E-state index < -0.39 is 23.4 Å². The van der Waals surface area contributed by atoms with Crippen LogP contribution >= 0.6 is 0 Å². The monoisotopic (exact) mass is 244 g/mol. The van der Waals surface area contributed by atoms with Crippen molar-refractivity contribution in [3.63, 3.8) is 0 Å². The predicted octanol–water partition coefficient (Wildman–Crippen LogP) is 1.28. The smallest absolute Gasteiger partial charge is 0.254 e. The Morgan fingerprint density at radius 3 is 2.35 bits per heavy atom. The van der Waals surface area contributed by atoms with Crippen LogP contribution in [-0.4, -0.2) is 29.9 Å². The Bertz CT molecular complexity index is 441. The Morgan fingerprint density at radius 1 is 1.29 bits per heavy atom. The predicted molar refractivity (Wildman–Crippen MR) is 54.8 cm³/mol. The lowest BCUT2D eigenvalue weighted by molar-refractivity contribution is 0.0789. The summed E-state index contributed by atoms with van der Waals surface area (Å²) < 4.78 is 38.6. The zero-order valence-electron chi connectivity index (χ0n) is 8.92. The average molecular weight is 244 g/mol. The number of nitrogens with two attached hydrogens (primary N) is 1. The second-order valence-corrected chi connectivity index (χ2v) is 4.05. The maximum atomic E-state index is 13.0. The van der Waals surface area contributed by atoms with Gasteiger partial charge in [0.1, 0.15) is 0 Å². The number of nitrogens with zero attached hydrogens (tertiary/aromatic N) is 1. The van der Waals surface area contributed by atoms with Crippen LogP contribution in [0.1, 0.15) is 16.8 Å². The van der Waals surface area contributed by atoms with E-state index in [2.05, 4.69) is 0 Å². The second kappa shape index (κ2) is 4.37. The van der Waals surface area contributed by atoms with Crippen LogP contribution in [0.5, 0.6) is 0 Å². The largest absolute Gasteiger partial charge is 0.337 e. The van der Waals surface area contributed by atoms with Gasteiger partial charge in [-0.05, 0) is 18.6 Å². The molecule has 0 aliphatic carbocycles. The van der Waals surface area contributed by atoms with Gasteiger partial charge in [0.05, 0.1) is 0 Å². The molecular formula is C11H11F3N2O. The topological polar surface area (TPSA) is 46.3 Å². The van der Waals surface area contributed by atoms with E-state index in [1.807, 2.05) is 0 Å². The second-order valence-electron chi connectivity index (χ2n) is 4.05. The number of carbonyl (C=O) groups excluding carboxylic acids is 1. The van der Waals surface area contributed by atoms with Gasteiger partial charge in [-0.25, -0.2) is 13.2 Å². The van der Waals surface area contributed by atoms with Gasteiger partial charge in [0.25, 0.3) is 5.91 Å². The molecule has 1 fully saturated rings. The van der Waals surface area contributed by atoms with Gasteiger partial charge in [-0.15, -0.1) is 0 Å². The molecule has 1 aliphatic rings. The molecule has 0 aromatic heterocycles. The van der Waals surface area contributed by atoms with Crippen molar-refractivity contribution in [3.8, 4) is 0 Å². The van der Waals surface area contributed by atoms with Gasteiger partial charge in [0.15, 0.2) is 17.5 Å². The molecular weight excluding hydrogens is 233 g/mol. The Morgan fingerprint density at radius 2 is 1.88 bits per heavy atom. The van der Waals surface area contributed by atoms with E-state index in [4.69, 9.17) is 5.73 Å². The van der Waals surface area contributed by atoms with Gasteiger partial charge in [-0.3, -0.25) is 4.79 Å². The van der Waals surface area contributed by atoms with Crippen molar-refractivity contribution in [2.75, 3.05) is 13.1 Å². The summed E-state index contributed by atoms with van der Waals surface area (Å²) in [4.78, 5) is 13.2. The highest BCUT2D eigenvalue weighted by atomic mass is 19.2. The first-order valence-corrected chi connectivity index (χ1v) is 5.18. The Labute approximate surface area is 96.0 Å². The molecule has 2 N–H and O–H groups in total. The fraction of sp³-hybridized carbons (Fsp3) is 0.364. The van der Waals surface area contributed by atoms with Crippen molar-refractivity contribution >= 4 is 5.91 Å². The average Bonchev–Trinajstić information content (AvgIpc) is 2.71. The highest BCUT2D eigenvalue weighted by molar-refractivity contribution is 5.94. The summed E-state index contributed by atoms with van der Waals surface area (Å²) in [5.74, 6) is -4.83. The summed E-state index contributed by atoms with van der Waals surface area (Å²) in [5, 5.41) is 0. The Hall–Kier alpha value is -1.56. The van der Waals surface area contributed by atoms with Crippen LogP contribution in [0.2, 0.25) is 0 Å². The van der Waals surface area contributed by atoms with Crippen molar-refractivity contribution in [2.45, 2.75) is 12.5 Å². The lowest BCUT2D eigenvalue weighted by Crippen LogP contribution is -2.32. The van der Waals surface area contributed by atoms with E-state index in [1.54, 1.807) is 0 Å². The molecule has 92 valence electrons. The molecule has 1 heterocycles. The summed E-state index contributed by atoms with van der Waals surface area (Å²) in [6.45, 7) is 0.792.